The fourth-order valence-electron chi connectivity index (χ4n) is 2.77. The van der Waals surface area contributed by atoms with Crippen molar-refractivity contribution in [3.63, 3.8) is 0 Å². The number of fused-ring (bicyclic) bond motifs is 1. The van der Waals surface area contributed by atoms with Crippen molar-refractivity contribution in [3.05, 3.63) is 58.0 Å². The van der Waals surface area contributed by atoms with Crippen LogP contribution in [-0.2, 0) is 11.3 Å². The molecular weight excluding hydrogens is 332 g/mol. The summed E-state index contributed by atoms with van der Waals surface area (Å²) >= 11 is 0. The summed E-state index contributed by atoms with van der Waals surface area (Å²) in [5, 5.41) is 4.38. The summed E-state index contributed by atoms with van der Waals surface area (Å²) in [6, 6.07) is 12.2. The van der Waals surface area contributed by atoms with Crippen LogP contribution in [0.2, 0.25) is 0 Å². The standard InChI is InChI=1S/C19H21N4O3/c1-26-8-2-7-21-11-12-3-5-15-13(9-12)10-17(22-15)14-4-6-16(18(20)24)23-19(14)25/h3-5,9-10,21-22H,2,7-8,11H2,1H3,(H2,20,24)(H,23,25). The molecule has 0 spiro atoms. The van der Waals surface area contributed by atoms with Crippen LogP contribution in [0.5, 0.6) is 0 Å². The van der Waals surface area contributed by atoms with Gasteiger partial charge in [-0.2, -0.15) is 0 Å². The van der Waals surface area contributed by atoms with E-state index in [9.17, 15) is 9.59 Å². The molecule has 5 N–H and O–H groups in total. The maximum atomic E-state index is 12.2. The Morgan fingerprint density at radius 3 is 2.88 bits per heavy atom. The second kappa shape index (κ2) is 7.99. The van der Waals surface area contributed by atoms with Gasteiger partial charge in [-0.15, -0.1) is 0 Å². The van der Waals surface area contributed by atoms with Gasteiger partial charge in [-0.1, -0.05) is 6.07 Å². The molecule has 0 aliphatic rings. The number of aromatic nitrogens is 2. The molecule has 0 fully saturated rings. The zero-order valence-electron chi connectivity index (χ0n) is 14.5. The topological polar surface area (TPSA) is 113 Å². The highest BCUT2D eigenvalue weighted by atomic mass is 16.5. The Kier molecular flexibility index (Phi) is 5.50. The van der Waals surface area contributed by atoms with Crippen LogP contribution in [0.1, 0.15) is 22.5 Å². The normalized spacial score (nSPS) is 11.1. The van der Waals surface area contributed by atoms with Crippen LogP contribution in [0.4, 0.5) is 0 Å². The third-order valence-corrected chi connectivity index (χ3v) is 4.10. The van der Waals surface area contributed by atoms with Crippen molar-refractivity contribution < 1.29 is 9.53 Å². The first-order chi connectivity index (χ1) is 12.6. The van der Waals surface area contributed by atoms with Crippen molar-refractivity contribution in [1.29, 1.82) is 0 Å². The third-order valence-electron chi connectivity index (χ3n) is 4.10. The number of hydrogen-bond acceptors (Lipinski definition) is 4. The Labute approximate surface area is 150 Å². The number of amides is 1. The molecule has 0 saturated heterocycles. The van der Waals surface area contributed by atoms with E-state index < -0.39 is 5.91 Å². The number of nitrogens with two attached hydrogens (primary N) is 1. The number of ether oxygens (including phenoxy) is 1. The Hall–Kier alpha value is -2.90. The highest BCUT2D eigenvalue weighted by Gasteiger charge is 2.10. The van der Waals surface area contributed by atoms with E-state index in [2.05, 4.69) is 27.4 Å². The zero-order chi connectivity index (χ0) is 18.5. The quantitative estimate of drug-likeness (QED) is 0.460. The van der Waals surface area contributed by atoms with Crippen molar-refractivity contribution in [3.8, 4) is 11.3 Å². The van der Waals surface area contributed by atoms with E-state index in [1.54, 1.807) is 7.11 Å². The van der Waals surface area contributed by atoms with Crippen molar-refractivity contribution in [2.75, 3.05) is 20.3 Å². The highest BCUT2D eigenvalue weighted by Crippen LogP contribution is 2.23. The molecule has 3 rings (SSSR count). The first-order valence-electron chi connectivity index (χ1n) is 8.35. The lowest BCUT2D eigenvalue weighted by Gasteiger charge is -2.04. The Morgan fingerprint density at radius 1 is 1.31 bits per heavy atom. The lowest BCUT2D eigenvalue weighted by atomic mass is 10.1. The number of carbonyl (C=O) groups is 1. The van der Waals surface area contributed by atoms with Crippen LogP contribution >= 0.6 is 0 Å². The monoisotopic (exact) mass is 353 g/mol. The molecule has 0 bridgehead atoms. The van der Waals surface area contributed by atoms with Crippen molar-refractivity contribution in [1.82, 2.24) is 15.3 Å². The molecular formula is C19H21N4O3. The molecule has 2 aromatic heterocycles. The minimum atomic E-state index is -0.715. The molecule has 7 heteroatoms. The Balaban J connectivity index is 1.79. The van der Waals surface area contributed by atoms with Crippen LogP contribution in [0.15, 0.2) is 35.1 Å². The number of pyridine rings is 1. The largest absolute Gasteiger partial charge is 0.385 e. The van der Waals surface area contributed by atoms with Gasteiger partial charge in [-0.05, 0) is 42.8 Å². The van der Waals surface area contributed by atoms with E-state index in [0.717, 1.165) is 42.6 Å². The SMILES string of the molecule is COCCCNCc1ccc2[nH]c(-c3c[c]c(C(N)=O)[nH]c3=O)cc2c1. The molecule has 0 saturated carbocycles. The number of rotatable bonds is 8. The van der Waals surface area contributed by atoms with Gasteiger partial charge in [0.2, 0.25) is 0 Å². The zero-order valence-corrected chi connectivity index (χ0v) is 14.5. The summed E-state index contributed by atoms with van der Waals surface area (Å²) in [4.78, 5) is 29.0. The van der Waals surface area contributed by atoms with Crippen LogP contribution in [0, 0.1) is 6.07 Å². The third kappa shape index (κ3) is 4.01. The Bertz CT molecular complexity index is 974. The molecule has 0 atom stereocenters. The number of nitrogens with one attached hydrogen (secondary N) is 3. The minimum absolute atomic E-state index is 0.0308. The summed E-state index contributed by atoms with van der Waals surface area (Å²) in [5.74, 6) is -0.715. The van der Waals surface area contributed by atoms with E-state index in [-0.39, 0.29) is 11.3 Å². The van der Waals surface area contributed by atoms with Gasteiger partial charge in [-0.3, -0.25) is 9.59 Å². The van der Waals surface area contributed by atoms with E-state index in [0.29, 0.717) is 11.3 Å². The number of benzene rings is 1. The molecule has 0 aliphatic carbocycles. The van der Waals surface area contributed by atoms with Crippen molar-refractivity contribution >= 4 is 16.8 Å². The summed E-state index contributed by atoms with van der Waals surface area (Å²) < 4.78 is 5.03. The van der Waals surface area contributed by atoms with Crippen LogP contribution in [0.25, 0.3) is 22.2 Å². The predicted octanol–water partition coefficient (Wildman–Crippen LogP) is 1.55. The average Bonchev–Trinajstić information content (AvgIpc) is 3.04. The number of primary amides is 1. The molecule has 1 amide bonds. The van der Waals surface area contributed by atoms with E-state index in [1.165, 1.54) is 6.07 Å². The molecule has 7 nitrogen and oxygen atoms in total. The molecule has 135 valence electrons. The second-order valence-electron chi connectivity index (χ2n) is 6.02. The lowest BCUT2D eigenvalue weighted by Crippen LogP contribution is -2.19. The molecule has 1 aromatic carbocycles. The summed E-state index contributed by atoms with van der Waals surface area (Å²) in [6.45, 7) is 2.40. The smallest absolute Gasteiger partial charge is 0.265 e. The second-order valence-corrected chi connectivity index (χ2v) is 6.02. The highest BCUT2D eigenvalue weighted by molar-refractivity contribution is 5.91. The molecule has 3 aromatic rings. The minimum Gasteiger partial charge on any atom is -0.385 e. The van der Waals surface area contributed by atoms with Gasteiger partial charge in [0, 0.05) is 37.2 Å². The van der Waals surface area contributed by atoms with Gasteiger partial charge in [0.25, 0.3) is 11.5 Å². The van der Waals surface area contributed by atoms with Gasteiger partial charge in [0.15, 0.2) is 0 Å². The molecule has 26 heavy (non-hydrogen) atoms. The number of carbonyl (C=O) groups excluding carboxylic acids is 1. The van der Waals surface area contributed by atoms with Crippen molar-refractivity contribution in [2.24, 2.45) is 5.73 Å². The van der Waals surface area contributed by atoms with Crippen LogP contribution < -0.4 is 16.6 Å². The number of H-pyrrole nitrogens is 2. The molecule has 2 heterocycles. The van der Waals surface area contributed by atoms with Gasteiger partial charge in [0.05, 0.1) is 11.3 Å². The molecule has 1 radical (unpaired) electrons. The fourth-order valence-corrected chi connectivity index (χ4v) is 2.77. The lowest BCUT2D eigenvalue weighted by molar-refractivity contribution is 0.0995. The maximum Gasteiger partial charge on any atom is 0.265 e. The first-order valence-corrected chi connectivity index (χ1v) is 8.35. The van der Waals surface area contributed by atoms with Crippen LogP contribution in [-0.4, -0.2) is 36.1 Å². The maximum absolute atomic E-state index is 12.2. The van der Waals surface area contributed by atoms with Crippen molar-refractivity contribution in [2.45, 2.75) is 13.0 Å². The number of methoxy groups -OCH3 is 1. The van der Waals surface area contributed by atoms with E-state index in [4.69, 9.17) is 10.5 Å². The van der Waals surface area contributed by atoms with E-state index >= 15 is 0 Å². The van der Waals surface area contributed by atoms with Gasteiger partial charge < -0.3 is 25.8 Å². The predicted molar refractivity (Wildman–Crippen MR) is 99.9 cm³/mol. The molecule has 0 unspecified atom stereocenters. The first kappa shape index (κ1) is 17.9. The fraction of sp³-hybridized carbons (Fsp3) is 0.263. The van der Waals surface area contributed by atoms with Crippen LogP contribution in [0.3, 0.4) is 0 Å². The van der Waals surface area contributed by atoms with Gasteiger partial charge in [0.1, 0.15) is 5.69 Å². The summed E-state index contributed by atoms with van der Waals surface area (Å²) in [6.07, 6.45) is 0.966. The number of hydrogen-bond donors (Lipinski definition) is 4. The number of aromatic amines is 2. The summed E-state index contributed by atoms with van der Waals surface area (Å²) in [5.41, 5.74) is 7.90. The van der Waals surface area contributed by atoms with E-state index in [1.807, 2.05) is 18.2 Å². The van der Waals surface area contributed by atoms with Gasteiger partial charge >= 0.3 is 0 Å². The Morgan fingerprint density at radius 2 is 2.15 bits per heavy atom. The molecule has 0 aliphatic heterocycles. The average molecular weight is 353 g/mol. The van der Waals surface area contributed by atoms with Gasteiger partial charge in [-0.25, -0.2) is 0 Å². The summed E-state index contributed by atoms with van der Waals surface area (Å²) in [7, 11) is 1.70.